The number of Topliss-reactive ketones (excluding diaryl/α,β-unsaturated/α-hetero) is 1. The zero-order chi connectivity index (χ0) is 16.4. The molecule has 22 heavy (non-hydrogen) atoms. The van der Waals surface area contributed by atoms with E-state index in [1.807, 2.05) is 6.92 Å². The van der Waals surface area contributed by atoms with E-state index in [0.29, 0.717) is 19.3 Å². The minimum atomic E-state index is -0.660. The maximum atomic E-state index is 12.0. The lowest BCUT2D eigenvalue weighted by molar-refractivity contribution is -0.151. The highest BCUT2D eigenvalue weighted by Crippen LogP contribution is 2.24. The number of allylic oxidation sites excluding steroid dienone is 1. The van der Waals surface area contributed by atoms with Crippen LogP contribution in [0.2, 0.25) is 0 Å². The summed E-state index contributed by atoms with van der Waals surface area (Å²) in [7, 11) is 1.70. The van der Waals surface area contributed by atoms with Crippen molar-refractivity contribution in [2.45, 2.75) is 70.8 Å². The average molecular weight is 312 g/mol. The normalized spacial score (nSPS) is 20.9. The molecule has 1 atom stereocenters. The van der Waals surface area contributed by atoms with Gasteiger partial charge in [-0.2, -0.15) is 0 Å². The Morgan fingerprint density at radius 3 is 2.55 bits per heavy atom. The molecule has 0 bridgehead atoms. The van der Waals surface area contributed by atoms with Crippen LogP contribution in [0.25, 0.3) is 0 Å². The van der Waals surface area contributed by atoms with Gasteiger partial charge >= 0.3 is 5.97 Å². The molecule has 1 aliphatic rings. The minimum Gasteiger partial charge on any atom is -0.511 e. The molecule has 1 N–H and O–H groups in total. The van der Waals surface area contributed by atoms with E-state index in [2.05, 4.69) is 0 Å². The molecular formula is C17H28O5. The molecule has 0 aliphatic carbocycles. The highest BCUT2D eigenvalue weighted by Gasteiger charge is 2.34. The van der Waals surface area contributed by atoms with Gasteiger partial charge in [0.1, 0.15) is 17.4 Å². The lowest BCUT2D eigenvalue weighted by Crippen LogP contribution is -2.33. The summed E-state index contributed by atoms with van der Waals surface area (Å²) in [4.78, 5) is 23.9. The molecule has 0 aromatic carbocycles. The van der Waals surface area contributed by atoms with Crippen molar-refractivity contribution in [1.82, 2.24) is 0 Å². The fourth-order valence-corrected chi connectivity index (χ4v) is 2.62. The van der Waals surface area contributed by atoms with Gasteiger partial charge in [0.2, 0.25) is 0 Å². The standard InChI is InChI=1S/C17H28O5/c1-3-9-14(18)16-15(19)12-13(22-17(16)20)10-7-5-4-6-8-11-21-2/h13,18H,3-12H2,1-2H3. The quantitative estimate of drug-likeness (QED) is 0.220. The van der Waals surface area contributed by atoms with Gasteiger partial charge in [-0.15, -0.1) is 0 Å². The first-order chi connectivity index (χ1) is 10.6. The maximum absolute atomic E-state index is 12.0. The van der Waals surface area contributed by atoms with E-state index in [0.717, 1.165) is 38.7 Å². The Morgan fingerprint density at radius 2 is 1.91 bits per heavy atom. The van der Waals surface area contributed by atoms with Gasteiger partial charge in [0.25, 0.3) is 0 Å². The number of rotatable bonds is 10. The van der Waals surface area contributed by atoms with Crippen molar-refractivity contribution in [3.05, 3.63) is 11.3 Å². The van der Waals surface area contributed by atoms with Gasteiger partial charge < -0.3 is 14.6 Å². The fourth-order valence-electron chi connectivity index (χ4n) is 2.62. The van der Waals surface area contributed by atoms with E-state index >= 15 is 0 Å². The molecule has 0 saturated carbocycles. The fraction of sp³-hybridized carbons (Fsp3) is 0.765. The molecule has 1 saturated heterocycles. The molecule has 5 nitrogen and oxygen atoms in total. The molecule has 0 amide bonds. The second-order valence-corrected chi connectivity index (χ2v) is 5.78. The van der Waals surface area contributed by atoms with Gasteiger partial charge in [0.05, 0.1) is 0 Å². The molecule has 126 valence electrons. The molecule has 1 aliphatic heterocycles. The minimum absolute atomic E-state index is 0.130. The maximum Gasteiger partial charge on any atom is 0.345 e. The van der Waals surface area contributed by atoms with Gasteiger partial charge in [-0.25, -0.2) is 4.79 Å². The van der Waals surface area contributed by atoms with Crippen molar-refractivity contribution < 1.29 is 24.2 Å². The smallest absolute Gasteiger partial charge is 0.345 e. The molecule has 1 heterocycles. The van der Waals surface area contributed by atoms with Crippen molar-refractivity contribution in [1.29, 1.82) is 0 Å². The Balaban J connectivity index is 2.31. The summed E-state index contributed by atoms with van der Waals surface area (Å²) in [5.41, 5.74) is -0.141. The van der Waals surface area contributed by atoms with E-state index in [-0.39, 0.29) is 29.6 Å². The van der Waals surface area contributed by atoms with Crippen LogP contribution >= 0.6 is 0 Å². The van der Waals surface area contributed by atoms with Crippen LogP contribution in [0.4, 0.5) is 0 Å². The SMILES string of the molecule is CCCC(O)=C1C(=O)CC(CCCCCCCOC)OC1=O. The largest absolute Gasteiger partial charge is 0.511 e. The van der Waals surface area contributed by atoms with Gasteiger partial charge in [0, 0.05) is 26.6 Å². The summed E-state index contributed by atoms with van der Waals surface area (Å²) in [6, 6.07) is 0. The monoisotopic (exact) mass is 312 g/mol. The molecule has 0 aromatic rings. The Morgan fingerprint density at radius 1 is 1.23 bits per heavy atom. The van der Waals surface area contributed by atoms with Crippen molar-refractivity contribution in [2.24, 2.45) is 0 Å². The molecule has 1 unspecified atom stereocenters. The number of hydrogen-bond acceptors (Lipinski definition) is 5. The Bertz CT molecular complexity index is 380. The Hall–Kier alpha value is -1.36. The molecule has 0 spiro atoms. The lowest BCUT2D eigenvalue weighted by atomic mass is 9.96. The second-order valence-electron chi connectivity index (χ2n) is 5.78. The van der Waals surface area contributed by atoms with E-state index in [9.17, 15) is 14.7 Å². The number of esters is 1. The molecule has 0 aromatic heterocycles. The highest BCUT2D eigenvalue weighted by molar-refractivity contribution is 6.19. The van der Waals surface area contributed by atoms with Crippen LogP contribution in [-0.4, -0.2) is 36.7 Å². The summed E-state index contributed by atoms with van der Waals surface area (Å²) < 4.78 is 10.3. The lowest BCUT2D eigenvalue weighted by Gasteiger charge is -2.23. The molecule has 1 fully saturated rings. The molecule has 5 heteroatoms. The topological polar surface area (TPSA) is 72.8 Å². The average Bonchev–Trinajstić information content (AvgIpc) is 2.46. The molecular weight excluding hydrogens is 284 g/mol. The third-order valence-corrected chi connectivity index (χ3v) is 3.82. The first-order valence-electron chi connectivity index (χ1n) is 8.25. The van der Waals surface area contributed by atoms with Crippen molar-refractivity contribution in [3.63, 3.8) is 0 Å². The third-order valence-electron chi connectivity index (χ3n) is 3.82. The Kier molecular flexibility index (Phi) is 8.82. The number of aliphatic hydroxyl groups excluding tert-OH is 1. The second kappa shape index (κ2) is 10.4. The number of carbonyl (C=O) groups is 2. The van der Waals surface area contributed by atoms with Gasteiger partial charge in [-0.1, -0.05) is 26.2 Å². The summed E-state index contributed by atoms with van der Waals surface area (Å²) in [5.74, 6) is -1.08. The van der Waals surface area contributed by atoms with Gasteiger partial charge in [0.15, 0.2) is 5.78 Å². The summed E-state index contributed by atoms with van der Waals surface area (Å²) >= 11 is 0. The van der Waals surface area contributed by atoms with Crippen LogP contribution in [-0.2, 0) is 19.1 Å². The van der Waals surface area contributed by atoms with Crippen LogP contribution in [0.15, 0.2) is 11.3 Å². The van der Waals surface area contributed by atoms with Crippen LogP contribution in [0.1, 0.15) is 64.7 Å². The third kappa shape index (κ3) is 6.18. The number of methoxy groups -OCH3 is 1. The number of hydrogen-bond donors (Lipinski definition) is 1. The van der Waals surface area contributed by atoms with E-state index in [4.69, 9.17) is 9.47 Å². The van der Waals surface area contributed by atoms with Crippen molar-refractivity contribution in [3.8, 4) is 0 Å². The van der Waals surface area contributed by atoms with Gasteiger partial charge in [-0.3, -0.25) is 4.79 Å². The van der Waals surface area contributed by atoms with Crippen LogP contribution in [0.3, 0.4) is 0 Å². The summed E-state index contributed by atoms with van der Waals surface area (Å²) in [5, 5.41) is 9.77. The molecule has 0 radical (unpaired) electrons. The number of cyclic esters (lactones) is 1. The summed E-state index contributed by atoms with van der Waals surface area (Å²) in [6.45, 7) is 2.68. The number of ether oxygens (including phenoxy) is 2. The van der Waals surface area contributed by atoms with Crippen molar-refractivity contribution in [2.75, 3.05) is 13.7 Å². The number of carbonyl (C=O) groups excluding carboxylic acids is 2. The van der Waals surface area contributed by atoms with E-state index < -0.39 is 5.97 Å². The first-order valence-corrected chi connectivity index (χ1v) is 8.25. The van der Waals surface area contributed by atoms with E-state index in [1.54, 1.807) is 7.11 Å². The zero-order valence-electron chi connectivity index (χ0n) is 13.7. The van der Waals surface area contributed by atoms with E-state index in [1.165, 1.54) is 0 Å². The zero-order valence-corrected chi connectivity index (χ0v) is 13.7. The Labute approximate surface area is 132 Å². The van der Waals surface area contributed by atoms with Crippen LogP contribution < -0.4 is 0 Å². The number of unbranched alkanes of at least 4 members (excludes halogenated alkanes) is 4. The van der Waals surface area contributed by atoms with Crippen LogP contribution in [0, 0.1) is 0 Å². The summed E-state index contributed by atoms with van der Waals surface area (Å²) in [6.07, 6.45) is 6.92. The van der Waals surface area contributed by atoms with Crippen LogP contribution in [0.5, 0.6) is 0 Å². The molecule has 1 rings (SSSR count). The highest BCUT2D eigenvalue weighted by atomic mass is 16.5. The van der Waals surface area contributed by atoms with Gasteiger partial charge in [-0.05, 0) is 25.7 Å². The number of ketones is 1. The predicted molar refractivity (Wildman–Crippen MR) is 83.6 cm³/mol. The van der Waals surface area contributed by atoms with Crippen molar-refractivity contribution >= 4 is 11.8 Å². The number of aliphatic hydroxyl groups is 1. The predicted octanol–water partition coefficient (Wildman–Crippen LogP) is 3.47. The first kappa shape index (κ1) is 18.7.